The summed E-state index contributed by atoms with van der Waals surface area (Å²) >= 11 is 8.76. The van der Waals surface area contributed by atoms with E-state index in [0.717, 1.165) is 0 Å². The molecule has 0 spiro atoms. The minimum Gasteiger partial charge on any atom is -0.258 e. The van der Waals surface area contributed by atoms with Gasteiger partial charge < -0.3 is 0 Å². The fourth-order valence-electron chi connectivity index (χ4n) is 1.01. The highest BCUT2D eigenvalue weighted by Gasteiger charge is 2.15. The van der Waals surface area contributed by atoms with Crippen molar-refractivity contribution in [1.29, 1.82) is 0 Å². The van der Waals surface area contributed by atoms with Crippen molar-refractivity contribution in [1.82, 2.24) is 0 Å². The molecule has 14 heavy (non-hydrogen) atoms. The quantitative estimate of drug-likeness (QED) is 0.481. The minimum atomic E-state index is -0.449. The average molecular weight is 277 g/mol. The molecule has 0 aromatic heterocycles. The Morgan fingerprint density at radius 3 is 2.79 bits per heavy atom. The van der Waals surface area contributed by atoms with Gasteiger partial charge in [0, 0.05) is 11.9 Å². The molecule has 1 aromatic carbocycles. The highest BCUT2D eigenvalue weighted by molar-refractivity contribution is 9.10. The third-order valence-electron chi connectivity index (χ3n) is 1.72. The van der Waals surface area contributed by atoms with Gasteiger partial charge in [0.15, 0.2) is 0 Å². The molecule has 0 saturated carbocycles. The van der Waals surface area contributed by atoms with Gasteiger partial charge >= 0.3 is 0 Å². The van der Waals surface area contributed by atoms with Crippen molar-refractivity contribution >= 4 is 38.8 Å². The molecular formula is C9H7BrClNO2. The molecule has 0 aliphatic heterocycles. The van der Waals surface area contributed by atoms with E-state index in [2.05, 4.69) is 22.5 Å². The smallest absolute Gasteiger partial charge is 0.258 e. The first-order valence-corrected chi connectivity index (χ1v) is 5.07. The van der Waals surface area contributed by atoms with Crippen LogP contribution in [0.2, 0.25) is 0 Å². The maximum atomic E-state index is 10.6. The van der Waals surface area contributed by atoms with Crippen LogP contribution in [0.4, 0.5) is 5.69 Å². The van der Waals surface area contributed by atoms with E-state index in [1.165, 1.54) is 6.07 Å². The van der Waals surface area contributed by atoms with Crippen molar-refractivity contribution in [3.8, 4) is 0 Å². The van der Waals surface area contributed by atoms with Gasteiger partial charge in [0.05, 0.1) is 4.92 Å². The van der Waals surface area contributed by atoms with Crippen molar-refractivity contribution in [2.75, 3.05) is 5.88 Å². The number of alkyl halides is 1. The number of allylic oxidation sites excluding steroid dienone is 1. The number of nitro benzene ring substituents is 1. The van der Waals surface area contributed by atoms with E-state index >= 15 is 0 Å². The predicted octanol–water partition coefficient (Wildman–Crippen LogP) is 3.61. The zero-order chi connectivity index (χ0) is 10.7. The van der Waals surface area contributed by atoms with Crippen LogP contribution in [0.15, 0.2) is 29.3 Å². The normalized spacial score (nSPS) is 9.86. The molecular weight excluding hydrogens is 269 g/mol. The van der Waals surface area contributed by atoms with E-state index < -0.39 is 4.92 Å². The molecule has 0 amide bonds. The second-order valence-electron chi connectivity index (χ2n) is 2.63. The summed E-state index contributed by atoms with van der Waals surface area (Å²) in [6.07, 6.45) is 0. The second-order valence-corrected chi connectivity index (χ2v) is 3.69. The third-order valence-corrected chi connectivity index (χ3v) is 2.87. The molecule has 0 radical (unpaired) electrons. The number of benzene rings is 1. The number of nitrogens with zero attached hydrogens (tertiary/aromatic N) is 1. The summed E-state index contributed by atoms with van der Waals surface area (Å²) in [5.74, 6) is 0.250. The van der Waals surface area contributed by atoms with Crippen LogP contribution in [-0.2, 0) is 0 Å². The predicted molar refractivity (Wildman–Crippen MR) is 60.6 cm³/mol. The average Bonchev–Trinajstić information content (AvgIpc) is 2.16. The zero-order valence-corrected chi connectivity index (χ0v) is 9.51. The van der Waals surface area contributed by atoms with Crippen molar-refractivity contribution in [3.05, 3.63) is 44.9 Å². The van der Waals surface area contributed by atoms with Gasteiger partial charge in [-0.15, -0.1) is 11.6 Å². The molecule has 0 aliphatic carbocycles. The largest absolute Gasteiger partial charge is 0.284 e. The Kier molecular flexibility index (Phi) is 3.66. The number of nitro groups is 1. The zero-order valence-electron chi connectivity index (χ0n) is 7.17. The van der Waals surface area contributed by atoms with Crippen molar-refractivity contribution in [2.45, 2.75) is 0 Å². The van der Waals surface area contributed by atoms with Crippen LogP contribution in [0.1, 0.15) is 5.56 Å². The summed E-state index contributed by atoms with van der Waals surface area (Å²) < 4.78 is 0.427. The van der Waals surface area contributed by atoms with Crippen molar-refractivity contribution < 1.29 is 4.92 Å². The first-order valence-electron chi connectivity index (χ1n) is 3.75. The molecule has 0 atom stereocenters. The third kappa shape index (κ3) is 2.13. The Balaban J connectivity index is 3.27. The number of halogens is 2. The summed E-state index contributed by atoms with van der Waals surface area (Å²) in [5, 5.41) is 10.6. The lowest BCUT2D eigenvalue weighted by Gasteiger charge is -2.04. The molecule has 1 aromatic rings. The summed E-state index contributed by atoms with van der Waals surface area (Å²) in [4.78, 5) is 10.1. The highest BCUT2D eigenvalue weighted by atomic mass is 79.9. The maximum absolute atomic E-state index is 10.6. The molecule has 0 heterocycles. The Hall–Kier alpha value is -0.870. The van der Waals surface area contributed by atoms with Gasteiger partial charge in [0.1, 0.15) is 4.47 Å². The van der Waals surface area contributed by atoms with Crippen LogP contribution >= 0.6 is 27.5 Å². The van der Waals surface area contributed by atoms with Crippen LogP contribution in [0, 0.1) is 10.1 Å². The Labute approximate surface area is 94.7 Å². The van der Waals surface area contributed by atoms with Gasteiger partial charge in [0.25, 0.3) is 5.69 Å². The van der Waals surface area contributed by atoms with Gasteiger partial charge in [-0.05, 0) is 27.1 Å². The van der Waals surface area contributed by atoms with Crippen LogP contribution in [0.3, 0.4) is 0 Å². The molecule has 5 heteroatoms. The van der Waals surface area contributed by atoms with E-state index in [0.29, 0.717) is 15.6 Å². The van der Waals surface area contributed by atoms with Gasteiger partial charge in [0.2, 0.25) is 0 Å². The van der Waals surface area contributed by atoms with E-state index in [1.807, 2.05) is 0 Å². The molecule has 1 rings (SSSR count). The van der Waals surface area contributed by atoms with Gasteiger partial charge in [-0.25, -0.2) is 0 Å². The minimum absolute atomic E-state index is 0.0220. The molecule has 0 bridgehead atoms. The molecule has 3 nitrogen and oxygen atoms in total. The SMILES string of the molecule is C=C(CCl)c1cccc([N+](=O)[O-])c1Br. The van der Waals surface area contributed by atoms with E-state index in [4.69, 9.17) is 11.6 Å². The van der Waals surface area contributed by atoms with Crippen LogP contribution in [0.25, 0.3) is 5.57 Å². The molecule has 0 aliphatic rings. The summed E-state index contributed by atoms with van der Waals surface area (Å²) in [7, 11) is 0. The first-order chi connectivity index (χ1) is 6.57. The first kappa shape index (κ1) is 11.2. The lowest BCUT2D eigenvalue weighted by atomic mass is 10.1. The molecule has 0 saturated heterocycles. The Morgan fingerprint density at radius 1 is 1.64 bits per heavy atom. The molecule has 0 N–H and O–H groups in total. The Morgan fingerprint density at radius 2 is 2.29 bits per heavy atom. The lowest BCUT2D eigenvalue weighted by molar-refractivity contribution is -0.385. The topological polar surface area (TPSA) is 43.1 Å². The van der Waals surface area contributed by atoms with Crippen molar-refractivity contribution in [2.24, 2.45) is 0 Å². The number of rotatable bonds is 3. The van der Waals surface area contributed by atoms with Gasteiger partial charge in [-0.1, -0.05) is 18.7 Å². The highest BCUT2D eigenvalue weighted by Crippen LogP contribution is 2.32. The van der Waals surface area contributed by atoms with E-state index in [1.54, 1.807) is 12.1 Å². The summed E-state index contributed by atoms with van der Waals surface area (Å²) in [6.45, 7) is 3.72. The molecule has 74 valence electrons. The maximum Gasteiger partial charge on any atom is 0.284 e. The number of hydrogen-bond donors (Lipinski definition) is 0. The van der Waals surface area contributed by atoms with Gasteiger partial charge in [-0.2, -0.15) is 0 Å². The molecule has 0 fully saturated rings. The summed E-state index contributed by atoms with van der Waals surface area (Å²) in [6, 6.07) is 4.77. The van der Waals surface area contributed by atoms with Crippen LogP contribution < -0.4 is 0 Å². The second kappa shape index (κ2) is 4.57. The van der Waals surface area contributed by atoms with Crippen molar-refractivity contribution in [3.63, 3.8) is 0 Å². The van der Waals surface area contributed by atoms with E-state index in [9.17, 15) is 10.1 Å². The molecule has 0 unspecified atom stereocenters. The Bertz CT molecular complexity index is 392. The summed E-state index contributed by atoms with van der Waals surface area (Å²) in [5.41, 5.74) is 1.35. The fraction of sp³-hybridized carbons (Fsp3) is 0.111. The standard InChI is InChI=1S/C9H7BrClNO2/c1-6(5-11)7-3-2-4-8(9(7)10)12(13)14/h2-4H,1,5H2. The fourth-order valence-corrected chi connectivity index (χ4v) is 1.84. The van der Waals surface area contributed by atoms with Crippen LogP contribution in [0.5, 0.6) is 0 Å². The number of hydrogen-bond acceptors (Lipinski definition) is 2. The lowest BCUT2D eigenvalue weighted by Crippen LogP contribution is -1.93. The monoisotopic (exact) mass is 275 g/mol. The van der Waals surface area contributed by atoms with E-state index in [-0.39, 0.29) is 11.6 Å². The van der Waals surface area contributed by atoms with Crippen LogP contribution in [-0.4, -0.2) is 10.8 Å². The van der Waals surface area contributed by atoms with Gasteiger partial charge in [-0.3, -0.25) is 10.1 Å².